The molecule has 2 aliphatic heterocycles. The average Bonchev–Trinajstić information content (AvgIpc) is 3.31. The van der Waals surface area contributed by atoms with Crippen LogP contribution in [0.25, 0.3) is 10.9 Å². The van der Waals surface area contributed by atoms with Crippen LogP contribution in [0.4, 0.5) is 5.69 Å². The van der Waals surface area contributed by atoms with E-state index in [4.69, 9.17) is 11.6 Å². The topological polar surface area (TPSA) is 92.6 Å². The largest absolute Gasteiger partial charge is 0.343 e. The van der Waals surface area contributed by atoms with Gasteiger partial charge in [0.15, 0.2) is 0 Å². The molecule has 0 aliphatic carbocycles. The number of anilines is 1. The highest BCUT2D eigenvalue weighted by molar-refractivity contribution is 7.90. The van der Waals surface area contributed by atoms with Crippen LogP contribution in [-0.4, -0.2) is 59.8 Å². The molecule has 8 nitrogen and oxygen atoms in total. The predicted octanol–water partition coefficient (Wildman–Crippen LogP) is 4.58. The smallest absolute Gasteiger partial charge is 0.238 e. The first-order valence-electron chi connectivity index (χ1n) is 13.5. The molecule has 0 N–H and O–H groups in total. The van der Waals surface area contributed by atoms with Crippen LogP contribution in [0.5, 0.6) is 0 Å². The van der Waals surface area contributed by atoms with Crippen molar-refractivity contribution in [2.75, 3.05) is 30.0 Å². The summed E-state index contributed by atoms with van der Waals surface area (Å²) >= 11 is 6.27. The second kappa shape index (κ2) is 10.6. The number of hydrogen-bond donors (Lipinski definition) is 0. The lowest BCUT2D eigenvalue weighted by Gasteiger charge is -2.38. The molecule has 2 aliphatic rings. The van der Waals surface area contributed by atoms with Gasteiger partial charge in [-0.25, -0.2) is 8.42 Å². The molecule has 10 heteroatoms. The van der Waals surface area contributed by atoms with Crippen molar-refractivity contribution in [3.8, 4) is 0 Å². The minimum atomic E-state index is -3.09. The summed E-state index contributed by atoms with van der Waals surface area (Å²) in [6.45, 7) is 6.03. The zero-order chi connectivity index (χ0) is 27.9. The number of piperidine rings is 1. The number of aromatic nitrogens is 2. The van der Waals surface area contributed by atoms with Crippen LogP contribution in [0.15, 0.2) is 42.7 Å². The summed E-state index contributed by atoms with van der Waals surface area (Å²) in [5, 5.41) is 1.56. The summed E-state index contributed by atoms with van der Waals surface area (Å²) in [5.74, 6) is 0.564. The molecule has 0 unspecified atom stereocenters. The summed E-state index contributed by atoms with van der Waals surface area (Å²) < 4.78 is 25.7. The van der Waals surface area contributed by atoms with Crippen LogP contribution < -0.4 is 4.90 Å². The molecule has 1 aromatic carbocycles. The second-order valence-electron chi connectivity index (χ2n) is 11.3. The molecule has 1 saturated heterocycles. The Labute approximate surface area is 234 Å². The lowest BCUT2D eigenvalue weighted by atomic mass is 9.74. The SMILES string of the molecule is CC(C)CC(=O)N1CCC2(CC1)C(=O)N(Cc1cc3cc(Cl)ccc3n1CCCS(C)(=O)=O)c1cnccc12. The number of benzene rings is 1. The molecule has 0 bridgehead atoms. The number of carbonyl (C=O) groups is 2. The van der Waals surface area contributed by atoms with Gasteiger partial charge in [-0.05, 0) is 61.1 Å². The van der Waals surface area contributed by atoms with E-state index in [2.05, 4.69) is 9.55 Å². The Hall–Kier alpha value is -2.91. The fraction of sp³-hybridized carbons (Fsp3) is 0.483. The van der Waals surface area contributed by atoms with Gasteiger partial charge in [-0.15, -0.1) is 0 Å². The van der Waals surface area contributed by atoms with Gasteiger partial charge in [-0.2, -0.15) is 0 Å². The van der Waals surface area contributed by atoms with Crippen molar-refractivity contribution in [3.63, 3.8) is 0 Å². The minimum Gasteiger partial charge on any atom is -0.343 e. The van der Waals surface area contributed by atoms with Crippen molar-refractivity contribution in [1.29, 1.82) is 0 Å². The molecule has 1 spiro atoms. The van der Waals surface area contributed by atoms with Crippen molar-refractivity contribution in [2.45, 2.75) is 58.0 Å². The van der Waals surface area contributed by atoms with Crippen molar-refractivity contribution in [2.24, 2.45) is 5.92 Å². The zero-order valence-corrected chi connectivity index (χ0v) is 24.3. The van der Waals surface area contributed by atoms with E-state index < -0.39 is 15.3 Å². The molecule has 2 aromatic heterocycles. The third-order valence-corrected chi connectivity index (χ3v) is 9.25. The van der Waals surface area contributed by atoms with Gasteiger partial charge in [-0.3, -0.25) is 14.6 Å². The molecule has 208 valence electrons. The van der Waals surface area contributed by atoms with Crippen LogP contribution in [0.2, 0.25) is 5.02 Å². The summed E-state index contributed by atoms with van der Waals surface area (Å²) in [6, 6.07) is 9.63. The Morgan fingerprint density at radius 3 is 2.59 bits per heavy atom. The molecule has 2 amide bonds. The quantitative estimate of drug-likeness (QED) is 0.395. The molecular weight excluding hydrogens is 536 g/mol. The monoisotopic (exact) mass is 570 g/mol. The number of fused-ring (bicyclic) bond motifs is 3. The zero-order valence-electron chi connectivity index (χ0n) is 22.7. The number of nitrogens with zero attached hydrogens (tertiary/aromatic N) is 4. The Morgan fingerprint density at radius 1 is 1.15 bits per heavy atom. The van der Waals surface area contributed by atoms with Crippen LogP contribution in [0, 0.1) is 5.92 Å². The maximum atomic E-state index is 14.2. The highest BCUT2D eigenvalue weighted by Crippen LogP contribution is 2.48. The van der Waals surface area contributed by atoms with Crippen molar-refractivity contribution < 1.29 is 18.0 Å². The first-order valence-corrected chi connectivity index (χ1v) is 15.9. The highest BCUT2D eigenvalue weighted by atomic mass is 35.5. The molecule has 4 heterocycles. The average molecular weight is 571 g/mol. The van der Waals surface area contributed by atoms with E-state index in [1.54, 1.807) is 12.4 Å². The van der Waals surface area contributed by atoms with Crippen LogP contribution in [0.1, 0.15) is 50.8 Å². The van der Waals surface area contributed by atoms with Gasteiger partial charge in [0.2, 0.25) is 11.8 Å². The van der Waals surface area contributed by atoms with Gasteiger partial charge in [0, 0.05) is 60.1 Å². The van der Waals surface area contributed by atoms with Crippen LogP contribution >= 0.6 is 11.6 Å². The van der Waals surface area contributed by atoms with Gasteiger partial charge in [0.25, 0.3) is 0 Å². The molecular formula is C29H35ClN4O4S. The van der Waals surface area contributed by atoms with E-state index in [1.165, 1.54) is 6.26 Å². The molecule has 0 radical (unpaired) electrons. The number of pyridine rings is 1. The maximum absolute atomic E-state index is 14.2. The molecule has 0 saturated carbocycles. The van der Waals surface area contributed by atoms with E-state index >= 15 is 0 Å². The third kappa shape index (κ3) is 5.43. The number of sulfone groups is 1. The Bertz CT molecular complexity index is 1520. The van der Waals surface area contributed by atoms with Crippen molar-refractivity contribution in [3.05, 3.63) is 59.0 Å². The molecule has 5 rings (SSSR count). The number of rotatable bonds is 8. The Morgan fingerprint density at radius 2 is 1.90 bits per heavy atom. The Balaban J connectivity index is 1.45. The van der Waals surface area contributed by atoms with E-state index in [9.17, 15) is 18.0 Å². The van der Waals surface area contributed by atoms with Gasteiger partial charge in [0.1, 0.15) is 9.84 Å². The van der Waals surface area contributed by atoms with E-state index in [0.29, 0.717) is 62.8 Å². The summed E-state index contributed by atoms with van der Waals surface area (Å²) in [7, 11) is -3.09. The van der Waals surface area contributed by atoms with Gasteiger partial charge in [-0.1, -0.05) is 25.4 Å². The molecule has 0 atom stereocenters. The minimum absolute atomic E-state index is 0.0347. The highest BCUT2D eigenvalue weighted by Gasteiger charge is 2.52. The Kier molecular flexibility index (Phi) is 7.50. The van der Waals surface area contributed by atoms with E-state index in [1.807, 2.05) is 54.0 Å². The maximum Gasteiger partial charge on any atom is 0.238 e. The number of hydrogen-bond acceptors (Lipinski definition) is 5. The van der Waals surface area contributed by atoms with Gasteiger partial charge in [0.05, 0.1) is 29.6 Å². The van der Waals surface area contributed by atoms with Crippen LogP contribution in [0.3, 0.4) is 0 Å². The number of carbonyl (C=O) groups excluding carboxylic acids is 2. The fourth-order valence-electron chi connectivity index (χ4n) is 6.09. The van der Waals surface area contributed by atoms with E-state index in [0.717, 1.165) is 27.8 Å². The third-order valence-electron chi connectivity index (χ3n) is 7.98. The summed E-state index contributed by atoms with van der Waals surface area (Å²) in [6.07, 6.45) is 6.88. The fourth-order valence-corrected chi connectivity index (χ4v) is 6.92. The number of halogens is 1. The first-order chi connectivity index (χ1) is 18.5. The van der Waals surface area contributed by atoms with Crippen molar-refractivity contribution in [1.82, 2.24) is 14.5 Å². The molecule has 3 aromatic rings. The lowest BCUT2D eigenvalue weighted by Crippen LogP contribution is -2.50. The summed E-state index contributed by atoms with van der Waals surface area (Å²) in [5.41, 5.74) is 2.96. The van der Waals surface area contributed by atoms with Crippen LogP contribution in [-0.2, 0) is 37.9 Å². The van der Waals surface area contributed by atoms with Gasteiger partial charge < -0.3 is 14.4 Å². The van der Waals surface area contributed by atoms with Crippen molar-refractivity contribution >= 4 is 49.8 Å². The predicted molar refractivity (Wildman–Crippen MR) is 154 cm³/mol. The number of amides is 2. The van der Waals surface area contributed by atoms with E-state index in [-0.39, 0.29) is 17.6 Å². The number of aryl methyl sites for hydroxylation is 1. The number of likely N-dealkylation sites (tertiary alicyclic amines) is 1. The lowest BCUT2D eigenvalue weighted by molar-refractivity contribution is -0.136. The first kappa shape index (κ1) is 27.6. The second-order valence-corrected chi connectivity index (χ2v) is 14.0. The summed E-state index contributed by atoms with van der Waals surface area (Å²) in [4.78, 5) is 35.0. The molecule has 1 fully saturated rings. The normalized spacial score (nSPS) is 17.0. The molecule has 39 heavy (non-hydrogen) atoms. The van der Waals surface area contributed by atoms with Gasteiger partial charge >= 0.3 is 0 Å². The standard InChI is InChI=1S/C29H35ClN4O4S/c1-20(2)15-27(35)32-12-8-29(9-13-32)24-7-10-31-18-26(24)34(28(29)36)19-23-17-21-16-22(30)5-6-25(21)33(23)11-4-14-39(3,37)38/h5-7,10,16-18,20H,4,8-9,11-15,19H2,1-3H3.